The molecular formula is C22H14O3. The summed E-state index contributed by atoms with van der Waals surface area (Å²) in [6.45, 7) is 1.96. The minimum Gasteiger partial charge on any atom is -0.461 e. The van der Waals surface area contributed by atoms with Gasteiger partial charge < -0.3 is 8.83 Å². The van der Waals surface area contributed by atoms with Gasteiger partial charge in [0.1, 0.15) is 16.9 Å². The third kappa shape index (κ3) is 2.02. The molecule has 2 aromatic heterocycles. The molecule has 0 unspecified atom stereocenters. The molecule has 5 rings (SSSR count). The summed E-state index contributed by atoms with van der Waals surface area (Å²) in [5.41, 5.74) is 3.13. The van der Waals surface area contributed by atoms with Crippen LogP contribution in [-0.4, -0.2) is 0 Å². The second-order valence-corrected chi connectivity index (χ2v) is 6.18. The average Bonchev–Trinajstić information content (AvgIpc) is 2.96. The zero-order valence-electron chi connectivity index (χ0n) is 13.6. The van der Waals surface area contributed by atoms with E-state index in [1.807, 2.05) is 49.4 Å². The fourth-order valence-corrected chi connectivity index (χ4v) is 3.56. The number of aryl methyl sites for hydroxylation is 1. The van der Waals surface area contributed by atoms with Crippen molar-refractivity contribution in [2.24, 2.45) is 0 Å². The van der Waals surface area contributed by atoms with Crippen LogP contribution in [0.25, 0.3) is 43.8 Å². The lowest BCUT2D eigenvalue weighted by Crippen LogP contribution is -1.99. The van der Waals surface area contributed by atoms with Gasteiger partial charge >= 0.3 is 5.63 Å². The van der Waals surface area contributed by atoms with Gasteiger partial charge in [0.15, 0.2) is 0 Å². The second-order valence-electron chi connectivity index (χ2n) is 6.18. The predicted molar refractivity (Wildman–Crippen MR) is 99.9 cm³/mol. The van der Waals surface area contributed by atoms with Gasteiger partial charge in [0, 0.05) is 22.4 Å². The quantitative estimate of drug-likeness (QED) is 0.294. The first kappa shape index (κ1) is 14.1. The van der Waals surface area contributed by atoms with Gasteiger partial charge in [-0.15, -0.1) is 0 Å². The monoisotopic (exact) mass is 326 g/mol. The summed E-state index contributed by atoms with van der Waals surface area (Å²) in [5.74, 6) is 0.850. The van der Waals surface area contributed by atoms with E-state index in [0.717, 1.165) is 38.6 Å². The van der Waals surface area contributed by atoms with Crippen LogP contribution in [0.3, 0.4) is 0 Å². The van der Waals surface area contributed by atoms with Gasteiger partial charge in [-0.25, -0.2) is 4.79 Å². The predicted octanol–water partition coefficient (Wildman–Crippen LogP) is 5.67. The molecule has 0 N–H and O–H groups in total. The van der Waals surface area contributed by atoms with Crippen molar-refractivity contribution in [1.29, 1.82) is 0 Å². The Balaban J connectivity index is 1.96. The fourth-order valence-electron chi connectivity index (χ4n) is 3.56. The van der Waals surface area contributed by atoms with Gasteiger partial charge in [-0.3, -0.25) is 0 Å². The van der Waals surface area contributed by atoms with Crippen LogP contribution in [0.1, 0.15) is 5.76 Å². The summed E-state index contributed by atoms with van der Waals surface area (Å²) in [6.07, 6.45) is 0. The molecule has 120 valence electrons. The molecule has 0 bridgehead atoms. The van der Waals surface area contributed by atoms with Crippen molar-refractivity contribution in [1.82, 2.24) is 0 Å². The van der Waals surface area contributed by atoms with Crippen molar-refractivity contribution in [3.63, 3.8) is 0 Å². The van der Waals surface area contributed by atoms with E-state index in [1.54, 1.807) is 6.07 Å². The van der Waals surface area contributed by atoms with Crippen LogP contribution in [0.2, 0.25) is 0 Å². The van der Waals surface area contributed by atoms with Crippen LogP contribution in [-0.2, 0) is 0 Å². The Hall–Kier alpha value is -3.33. The molecule has 5 aromatic rings. The maximum Gasteiger partial charge on any atom is 0.344 e. The molecule has 0 atom stereocenters. The molecular weight excluding hydrogens is 312 g/mol. The Morgan fingerprint density at radius 2 is 1.36 bits per heavy atom. The largest absolute Gasteiger partial charge is 0.461 e. The number of hydrogen-bond acceptors (Lipinski definition) is 3. The topological polar surface area (TPSA) is 43.4 Å². The highest BCUT2D eigenvalue weighted by Crippen LogP contribution is 2.37. The van der Waals surface area contributed by atoms with Gasteiger partial charge in [0.2, 0.25) is 0 Å². The average molecular weight is 326 g/mol. The third-order valence-electron chi connectivity index (χ3n) is 4.67. The molecule has 0 aliphatic rings. The van der Waals surface area contributed by atoms with Gasteiger partial charge in [0.05, 0.1) is 5.39 Å². The lowest BCUT2D eigenvalue weighted by molar-refractivity contribution is 0.563. The Morgan fingerprint density at radius 3 is 2.16 bits per heavy atom. The van der Waals surface area contributed by atoms with E-state index in [-0.39, 0.29) is 5.63 Å². The lowest BCUT2D eigenvalue weighted by atomic mass is 10.00. The van der Waals surface area contributed by atoms with Crippen LogP contribution in [0.15, 0.2) is 80.4 Å². The maximum absolute atomic E-state index is 12.2. The van der Waals surface area contributed by atoms with Crippen LogP contribution in [0.4, 0.5) is 0 Å². The molecule has 0 saturated carbocycles. The first-order valence-corrected chi connectivity index (χ1v) is 8.16. The molecule has 0 saturated heterocycles. The number of rotatable bonds is 1. The highest BCUT2D eigenvalue weighted by molar-refractivity contribution is 6.11. The minimum atomic E-state index is -0.325. The molecule has 3 nitrogen and oxygen atoms in total. The molecule has 0 spiro atoms. The SMILES string of the molecule is Cc1oc2cc3oc(=O)c4ccccc4c3cc2c1-c1ccccc1. The number of benzene rings is 3. The van der Waals surface area contributed by atoms with E-state index < -0.39 is 0 Å². The summed E-state index contributed by atoms with van der Waals surface area (Å²) in [7, 11) is 0. The molecule has 0 fully saturated rings. The van der Waals surface area contributed by atoms with Crippen LogP contribution in [0, 0.1) is 6.92 Å². The van der Waals surface area contributed by atoms with Crippen molar-refractivity contribution in [3.8, 4) is 11.1 Å². The van der Waals surface area contributed by atoms with E-state index in [2.05, 4.69) is 18.2 Å². The highest BCUT2D eigenvalue weighted by atomic mass is 16.4. The number of hydrogen-bond donors (Lipinski definition) is 0. The van der Waals surface area contributed by atoms with Gasteiger partial charge in [-0.1, -0.05) is 48.5 Å². The Kier molecular flexibility index (Phi) is 2.86. The summed E-state index contributed by atoms with van der Waals surface area (Å²) in [5, 5.41) is 3.43. The summed E-state index contributed by atoms with van der Waals surface area (Å²) in [4.78, 5) is 12.2. The van der Waals surface area contributed by atoms with Crippen LogP contribution >= 0.6 is 0 Å². The molecule has 0 aliphatic heterocycles. The third-order valence-corrected chi connectivity index (χ3v) is 4.67. The molecule has 2 heterocycles. The standard InChI is InChI=1S/C22H14O3/c1-13-21(14-7-3-2-4-8-14)18-11-17-15-9-5-6-10-16(15)22(23)25-19(17)12-20(18)24-13/h2-12H,1H3. The van der Waals surface area contributed by atoms with E-state index in [9.17, 15) is 4.79 Å². The van der Waals surface area contributed by atoms with Gasteiger partial charge in [-0.2, -0.15) is 0 Å². The van der Waals surface area contributed by atoms with Crippen molar-refractivity contribution < 1.29 is 8.83 Å². The summed E-state index contributed by atoms with van der Waals surface area (Å²) in [6, 6.07) is 21.6. The van der Waals surface area contributed by atoms with Crippen molar-refractivity contribution >= 4 is 32.7 Å². The van der Waals surface area contributed by atoms with E-state index in [0.29, 0.717) is 11.0 Å². The minimum absolute atomic E-state index is 0.325. The van der Waals surface area contributed by atoms with Crippen LogP contribution < -0.4 is 5.63 Å². The van der Waals surface area contributed by atoms with Gasteiger partial charge in [-0.05, 0) is 30.0 Å². The molecule has 0 radical (unpaired) electrons. The zero-order valence-corrected chi connectivity index (χ0v) is 13.6. The number of fused-ring (bicyclic) bond motifs is 4. The normalized spacial score (nSPS) is 11.6. The Morgan fingerprint density at radius 1 is 0.680 bits per heavy atom. The number of furan rings is 1. The fraction of sp³-hybridized carbons (Fsp3) is 0.0455. The molecule has 25 heavy (non-hydrogen) atoms. The zero-order chi connectivity index (χ0) is 17.0. The smallest absolute Gasteiger partial charge is 0.344 e. The molecule has 3 aromatic carbocycles. The second kappa shape index (κ2) is 5.08. The Bertz CT molecular complexity index is 1310. The maximum atomic E-state index is 12.2. The summed E-state index contributed by atoms with van der Waals surface area (Å²) < 4.78 is 11.5. The summed E-state index contributed by atoms with van der Waals surface area (Å²) >= 11 is 0. The van der Waals surface area contributed by atoms with E-state index >= 15 is 0 Å². The van der Waals surface area contributed by atoms with Gasteiger partial charge in [0.25, 0.3) is 0 Å². The van der Waals surface area contributed by atoms with Crippen molar-refractivity contribution in [3.05, 3.63) is 82.9 Å². The molecule has 0 aliphatic carbocycles. The van der Waals surface area contributed by atoms with E-state index in [1.165, 1.54) is 0 Å². The van der Waals surface area contributed by atoms with E-state index in [4.69, 9.17) is 8.83 Å². The highest BCUT2D eigenvalue weighted by Gasteiger charge is 2.16. The lowest BCUT2D eigenvalue weighted by Gasteiger charge is -2.04. The molecule has 0 amide bonds. The first-order chi connectivity index (χ1) is 12.2. The first-order valence-electron chi connectivity index (χ1n) is 8.16. The molecule has 3 heteroatoms. The van der Waals surface area contributed by atoms with Crippen LogP contribution in [0.5, 0.6) is 0 Å². The van der Waals surface area contributed by atoms with Crippen molar-refractivity contribution in [2.75, 3.05) is 0 Å². The Labute approximate surface area is 143 Å². The van der Waals surface area contributed by atoms with Crippen molar-refractivity contribution in [2.45, 2.75) is 6.92 Å².